The molecule has 0 aliphatic heterocycles. The van der Waals surface area contributed by atoms with Crippen LogP contribution in [0, 0.1) is 0 Å². The van der Waals surface area contributed by atoms with Crippen molar-refractivity contribution in [1.29, 1.82) is 0 Å². The molecule has 2 heterocycles. The van der Waals surface area contributed by atoms with Gasteiger partial charge in [-0.05, 0) is 19.3 Å². The van der Waals surface area contributed by atoms with Gasteiger partial charge in [-0.2, -0.15) is 5.10 Å². The zero-order valence-electron chi connectivity index (χ0n) is 13.2. The van der Waals surface area contributed by atoms with E-state index in [1.54, 1.807) is 20.3 Å². The number of aromatic nitrogens is 3. The SMILES string of the molecule is CN(C)C(=O)Cn1cc(NC(=O)c2noc3c2CCCC3)cn1. The molecule has 3 rings (SSSR count). The summed E-state index contributed by atoms with van der Waals surface area (Å²) in [7, 11) is 3.37. The molecule has 2 aromatic heterocycles. The zero-order valence-corrected chi connectivity index (χ0v) is 13.2. The summed E-state index contributed by atoms with van der Waals surface area (Å²) >= 11 is 0. The van der Waals surface area contributed by atoms with Crippen LogP contribution in [0.4, 0.5) is 5.69 Å². The van der Waals surface area contributed by atoms with Crippen molar-refractivity contribution in [2.75, 3.05) is 19.4 Å². The van der Waals surface area contributed by atoms with E-state index in [1.165, 1.54) is 15.8 Å². The first-order valence-electron chi connectivity index (χ1n) is 7.56. The first-order valence-corrected chi connectivity index (χ1v) is 7.56. The number of carbonyl (C=O) groups excluding carboxylic acids is 2. The van der Waals surface area contributed by atoms with Crippen molar-refractivity contribution in [3.63, 3.8) is 0 Å². The van der Waals surface area contributed by atoms with Gasteiger partial charge >= 0.3 is 0 Å². The maximum Gasteiger partial charge on any atom is 0.278 e. The van der Waals surface area contributed by atoms with Crippen molar-refractivity contribution < 1.29 is 14.1 Å². The molecule has 1 aliphatic rings. The van der Waals surface area contributed by atoms with Crippen molar-refractivity contribution in [2.24, 2.45) is 0 Å². The Morgan fingerprint density at radius 3 is 2.91 bits per heavy atom. The number of rotatable bonds is 4. The highest BCUT2D eigenvalue weighted by Gasteiger charge is 2.24. The van der Waals surface area contributed by atoms with Crippen LogP contribution in [-0.2, 0) is 24.2 Å². The highest BCUT2D eigenvalue weighted by molar-refractivity contribution is 6.03. The van der Waals surface area contributed by atoms with Crippen LogP contribution in [0.15, 0.2) is 16.9 Å². The molecule has 8 heteroatoms. The maximum absolute atomic E-state index is 12.3. The number of carbonyl (C=O) groups is 2. The van der Waals surface area contributed by atoms with Crippen LogP contribution in [0.5, 0.6) is 0 Å². The Kier molecular flexibility index (Phi) is 4.14. The largest absolute Gasteiger partial charge is 0.360 e. The van der Waals surface area contributed by atoms with Crippen LogP contribution in [0.1, 0.15) is 34.7 Å². The Balaban J connectivity index is 1.68. The molecule has 0 spiro atoms. The molecule has 23 heavy (non-hydrogen) atoms. The molecule has 0 radical (unpaired) electrons. The Hall–Kier alpha value is -2.64. The van der Waals surface area contributed by atoms with Gasteiger partial charge in [0.05, 0.1) is 11.9 Å². The number of nitrogens with zero attached hydrogens (tertiary/aromatic N) is 4. The van der Waals surface area contributed by atoms with E-state index in [1.807, 2.05) is 0 Å². The molecule has 0 atom stereocenters. The van der Waals surface area contributed by atoms with Gasteiger partial charge in [-0.15, -0.1) is 0 Å². The fourth-order valence-corrected chi connectivity index (χ4v) is 2.55. The Morgan fingerprint density at radius 1 is 1.35 bits per heavy atom. The second-order valence-electron chi connectivity index (χ2n) is 5.81. The normalized spacial score (nSPS) is 13.5. The molecule has 0 unspecified atom stereocenters. The average Bonchev–Trinajstić information content (AvgIpc) is 3.13. The molecular formula is C15H19N5O3. The lowest BCUT2D eigenvalue weighted by atomic mass is 9.96. The molecule has 0 aromatic carbocycles. The van der Waals surface area contributed by atoms with Crippen molar-refractivity contribution in [1.82, 2.24) is 19.8 Å². The molecule has 1 aliphatic carbocycles. The molecule has 0 saturated heterocycles. The van der Waals surface area contributed by atoms with Gasteiger partial charge in [0.2, 0.25) is 5.91 Å². The van der Waals surface area contributed by atoms with Gasteiger partial charge in [-0.1, -0.05) is 5.16 Å². The highest BCUT2D eigenvalue weighted by Crippen LogP contribution is 2.24. The Bertz CT molecular complexity index is 731. The summed E-state index contributed by atoms with van der Waals surface area (Å²) < 4.78 is 6.73. The van der Waals surface area contributed by atoms with E-state index in [0.29, 0.717) is 11.4 Å². The minimum Gasteiger partial charge on any atom is -0.360 e. The molecule has 8 nitrogen and oxygen atoms in total. The Labute approximate surface area is 133 Å². The minimum absolute atomic E-state index is 0.0726. The summed E-state index contributed by atoms with van der Waals surface area (Å²) in [6.45, 7) is 0.127. The zero-order chi connectivity index (χ0) is 16.4. The standard InChI is InChI=1S/C15H19N5O3/c1-19(2)13(21)9-20-8-10(7-16-20)17-15(22)14-11-5-3-4-6-12(11)23-18-14/h7-8H,3-6,9H2,1-2H3,(H,17,22). The summed E-state index contributed by atoms with van der Waals surface area (Å²) in [6, 6.07) is 0. The summed E-state index contributed by atoms with van der Waals surface area (Å²) in [5.74, 6) is 0.431. The van der Waals surface area contributed by atoms with E-state index in [4.69, 9.17) is 4.52 Å². The highest BCUT2D eigenvalue weighted by atomic mass is 16.5. The van der Waals surface area contributed by atoms with Crippen molar-refractivity contribution in [2.45, 2.75) is 32.2 Å². The first kappa shape index (κ1) is 15.3. The van der Waals surface area contributed by atoms with Crippen LogP contribution in [-0.4, -0.2) is 45.7 Å². The number of hydrogen-bond donors (Lipinski definition) is 1. The fraction of sp³-hybridized carbons (Fsp3) is 0.467. The lowest BCUT2D eigenvalue weighted by Gasteiger charge is -2.09. The van der Waals surface area contributed by atoms with Crippen LogP contribution < -0.4 is 5.32 Å². The summed E-state index contributed by atoms with van der Waals surface area (Å²) in [5.41, 5.74) is 1.77. The van der Waals surface area contributed by atoms with Crippen LogP contribution in [0.3, 0.4) is 0 Å². The molecule has 1 N–H and O–H groups in total. The third-order valence-corrected chi connectivity index (χ3v) is 3.85. The van der Waals surface area contributed by atoms with Crippen LogP contribution in [0.2, 0.25) is 0 Å². The number of nitrogens with one attached hydrogen (secondary N) is 1. The van der Waals surface area contributed by atoms with E-state index < -0.39 is 0 Å². The van der Waals surface area contributed by atoms with Gasteiger partial charge in [0.15, 0.2) is 5.69 Å². The number of likely N-dealkylation sites (N-methyl/N-ethyl adjacent to an activating group) is 1. The third kappa shape index (κ3) is 3.25. The van der Waals surface area contributed by atoms with Gasteiger partial charge in [0, 0.05) is 32.3 Å². The van der Waals surface area contributed by atoms with Gasteiger partial charge in [0.25, 0.3) is 5.91 Å². The second-order valence-corrected chi connectivity index (χ2v) is 5.81. The molecule has 2 aromatic rings. The predicted octanol–water partition coefficient (Wildman–Crippen LogP) is 1.09. The van der Waals surface area contributed by atoms with Crippen molar-refractivity contribution in [3.8, 4) is 0 Å². The van der Waals surface area contributed by atoms with Gasteiger partial charge < -0.3 is 14.7 Å². The van der Waals surface area contributed by atoms with E-state index in [2.05, 4.69) is 15.6 Å². The number of aryl methyl sites for hydroxylation is 1. The number of hydrogen-bond acceptors (Lipinski definition) is 5. The fourth-order valence-electron chi connectivity index (χ4n) is 2.55. The van der Waals surface area contributed by atoms with Gasteiger partial charge in [0.1, 0.15) is 12.3 Å². The van der Waals surface area contributed by atoms with Crippen LogP contribution in [0.25, 0.3) is 0 Å². The number of amides is 2. The molecule has 0 fully saturated rings. The third-order valence-electron chi connectivity index (χ3n) is 3.85. The van der Waals surface area contributed by atoms with Crippen molar-refractivity contribution >= 4 is 17.5 Å². The molecule has 0 bridgehead atoms. The van der Waals surface area contributed by atoms with Gasteiger partial charge in [-0.25, -0.2) is 0 Å². The minimum atomic E-state index is -0.310. The van der Waals surface area contributed by atoms with E-state index in [9.17, 15) is 9.59 Å². The molecule has 0 saturated carbocycles. The monoisotopic (exact) mass is 317 g/mol. The predicted molar refractivity (Wildman–Crippen MR) is 82.0 cm³/mol. The quantitative estimate of drug-likeness (QED) is 0.911. The maximum atomic E-state index is 12.3. The van der Waals surface area contributed by atoms with E-state index >= 15 is 0 Å². The topological polar surface area (TPSA) is 93.3 Å². The van der Waals surface area contributed by atoms with Crippen molar-refractivity contribution in [3.05, 3.63) is 29.4 Å². The average molecular weight is 317 g/mol. The number of anilines is 1. The smallest absolute Gasteiger partial charge is 0.278 e. The first-order chi connectivity index (χ1) is 11.0. The summed E-state index contributed by atoms with van der Waals surface area (Å²) in [5, 5.41) is 10.7. The number of fused-ring (bicyclic) bond motifs is 1. The molecule has 2 amide bonds. The lowest BCUT2D eigenvalue weighted by Crippen LogP contribution is -2.26. The molecule has 122 valence electrons. The van der Waals surface area contributed by atoms with E-state index in [0.717, 1.165) is 37.0 Å². The van der Waals surface area contributed by atoms with Crippen LogP contribution >= 0.6 is 0 Å². The van der Waals surface area contributed by atoms with E-state index in [-0.39, 0.29) is 18.4 Å². The second kappa shape index (κ2) is 6.23. The lowest BCUT2D eigenvalue weighted by molar-refractivity contribution is -0.129. The summed E-state index contributed by atoms with van der Waals surface area (Å²) in [6.07, 6.45) is 6.88. The van der Waals surface area contributed by atoms with Gasteiger partial charge in [-0.3, -0.25) is 14.3 Å². The Morgan fingerprint density at radius 2 is 2.13 bits per heavy atom. The molecular weight excluding hydrogens is 298 g/mol. The summed E-state index contributed by atoms with van der Waals surface area (Å²) in [4.78, 5) is 25.5.